The van der Waals surface area contributed by atoms with Crippen LogP contribution >= 0.6 is 0 Å². The fraction of sp³-hybridized carbons (Fsp3) is 0.190. The van der Waals surface area contributed by atoms with Crippen LogP contribution in [-0.2, 0) is 20.1 Å². The van der Waals surface area contributed by atoms with E-state index >= 15 is 0 Å². The van der Waals surface area contributed by atoms with Gasteiger partial charge in [0.25, 0.3) is 5.56 Å². The molecule has 4 rings (SSSR count). The second-order valence-corrected chi connectivity index (χ2v) is 6.84. The monoisotopic (exact) mass is 375 g/mol. The van der Waals surface area contributed by atoms with Crippen molar-refractivity contribution in [1.29, 1.82) is 0 Å². The van der Waals surface area contributed by atoms with Crippen molar-refractivity contribution in [3.05, 3.63) is 92.1 Å². The number of benzene rings is 2. The van der Waals surface area contributed by atoms with Gasteiger partial charge in [0.1, 0.15) is 0 Å². The molecule has 2 aromatic heterocycles. The molecule has 0 bridgehead atoms. The number of aromatic amines is 1. The van der Waals surface area contributed by atoms with Crippen molar-refractivity contribution in [3.8, 4) is 0 Å². The van der Waals surface area contributed by atoms with E-state index in [-0.39, 0.29) is 0 Å². The molecule has 0 fully saturated rings. The van der Waals surface area contributed by atoms with Crippen molar-refractivity contribution in [2.75, 3.05) is 5.32 Å². The average Bonchev–Trinajstić information content (AvgIpc) is 3.04. The molecule has 142 valence electrons. The van der Waals surface area contributed by atoms with Gasteiger partial charge < -0.3 is 5.32 Å². The third-order valence-electron chi connectivity index (χ3n) is 4.72. The predicted octanol–water partition coefficient (Wildman–Crippen LogP) is 2.39. The zero-order valence-electron chi connectivity index (χ0n) is 15.8. The van der Waals surface area contributed by atoms with Crippen LogP contribution in [0.1, 0.15) is 16.7 Å². The number of aryl methyl sites for hydroxylation is 2. The molecule has 0 amide bonds. The average molecular weight is 375 g/mol. The Morgan fingerprint density at radius 3 is 2.54 bits per heavy atom. The Kier molecular flexibility index (Phi) is 4.57. The molecule has 7 heteroatoms. The van der Waals surface area contributed by atoms with E-state index in [1.807, 2.05) is 60.0 Å². The zero-order chi connectivity index (χ0) is 19.7. The van der Waals surface area contributed by atoms with Crippen molar-refractivity contribution in [3.63, 3.8) is 0 Å². The summed E-state index contributed by atoms with van der Waals surface area (Å²) in [7, 11) is 1.60. The molecule has 0 spiro atoms. The Balaban J connectivity index is 1.82. The summed E-state index contributed by atoms with van der Waals surface area (Å²) in [5, 5.41) is 3.31. The summed E-state index contributed by atoms with van der Waals surface area (Å²) in [6, 6.07) is 18.0. The highest BCUT2D eigenvalue weighted by Gasteiger charge is 2.17. The lowest BCUT2D eigenvalue weighted by atomic mass is 10.1. The van der Waals surface area contributed by atoms with Gasteiger partial charge in [0.05, 0.1) is 6.54 Å². The van der Waals surface area contributed by atoms with E-state index in [0.717, 1.165) is 16.7 Å². The molecule has 0 atom stereocenters. The second-order valence-electron chi connectivity index (χ2n) is 6.84. The molecule has 4 aromatic rings. The van der Waals surface area contributed by atoms with Gasteiger partial charge in [0.15, 0.2) is 11.2 Å². The summed E-state index contributed by atoms with van der Waals surface area (Å²) in [5.41, 5.74) is 3.10. The smallest absolute Gasteiger partial charge is 0.329 e. The quantitative estimate of drug-likeness (QED) is 0.561. The molecule has 2 aromatic carbocycles. The third-order valence-corrected chi connectivity index (χ3v) is 4.72. The highest BCUT2D eigenvalue weighted by atomic mass is 16.2. The molecule has 0 aliphatic carbocycles. The number of rotatable bonds is 5. The minimum Gasteiger partial charge on any atom is -0.351 e. The van der Waals surface area contributed by atoms with Crippen LogP contribution in [0, 0.1) is 6.92 Å². The van der Waals surface area contributed by atoms with Crippen LogP contribution in [0.5, 0.6) is 0 Å². The van der Waals surface area contributed by atoms with Crippen LogP contribution in [0.4, 0.5) is 5.95 Å². The lowest BCUT2D eigenvalue weighted by molar-refractivity contribution is 0.805. The molecule has 0 saturated carbocycles. The molecule has 0 radical (unpaired) electrons. The highest BCUT2D eigenvalue weighted by Crippen LogP contribution is 2.19. The molecule has 28 heavy (non-hydrogen) atoms. The van der Waals surface area contributed by atoms with Crippen LogP contribution in [-0.4, -0.2) is 19.1 Å². The maximum absolute atomic E-state index is 12.6. The van der Waals surface area contributed by atoms with Crippen molar-refractivity contribution in [1.82, 2.24) is 19.1 Å². The zero-order valence-corrected chi connectivity index (χ0v) is 15.8. The van der Waals surface area contributed by atoms with Gasteiger partial charge in [-0.2, -0.15) is 4.98 Å². The van der Waals surface area contributed by atoms with Gasteiger partial charge in [-0.05, 0) is 18.1 Å². The van der Waals surface area contributed by atoms with Crippen molar-refractivity contribution in [2.45, 2.75) is 20.0 Å². The summed E-state index contributed by atoms with van der Waals surface area (Å²) in [4.78, 5) is 31.5. The van der Waals surface area contributed by atoms with E-state index in [4.69, 9.17) is 0 Å². The Hall–Kier alpha value is -3.61. The SMILES string of the molecule is Cc1cccc(Cn2c(NCc3ccccc3)nc3c2c(=O)[nH]c(=O)n3C)c1. The first-order chi connectivity index (χ1) is 13.5. The first-order valence-electron chi connectivity index (χ1n) is 9.06. The van der Waals surface area contributed by atoms with Crippen LogP contribution in [0.15, 0.2) is 64.2 Å². The number of nitrogens with zero attached hydrogens (tertiary/aromatic N) is 3. The predicted molar refractivity (Wildman–Crippen MR) is 110 cm³/mol. The van der Waals surface area contributed by atoms with Crippen LogP contribution in [0.3, 0.4) is 0 Å². The number of fused-ring (bicyclic) bond motifs is 1. The van der Waals surface area contributed by atoms with Crippen molar-refractivity contribution < 1.29 is 0 Å². The molecule has 0 aliphatic heterocycles. The van der Waals surface area contributed by atoms with Gasteiger partial charge in [-0.1, -0.05) is 60.2 Å². The van der Waals surface area contributed by atoms with E-state index < -0.39 is 11.2 Å². The van der Waals surface area contributed by atoms with Gasteiger partial charge in [0.2, 0.25) is 5.95 Å². The summed E-state index contributed by atoms with van der Waals surface area (Å²) >= 11 is 0. The molecule has 0 unspecified atom stereocenters. The minimum absolute atomic E-state index is 0.358. The number of aromatic nitrogens is 4. The van der Waals surface area contributed by atoms with Gasteiger partial charge in [-0.3, -0.25) is 18.9 Å². The minimum atomic E-state index is -0.479. The molecule has 7 nitrogen and oxygen atoms in total. The summed E-state index contributed by atoms with van der Waals surface area (Å²) in [5.74, 6) is 0.548. The Morgan fingerprint density at radius 1 is 1.04 bits per heavy atom. The number of imidazole rings is 1. The number of H-pyrrole nitrogens is 1. The third kappa shape index (κ3) is 3.34. The van der Waals surface area contributed by atoms with Crippen molar-refractivity contribution in [2.24, 2.45) is 7.05 Å². The van der Waals surface area contributed by atoms with E-state index in [1.165, 1.54) is 4.57 Å². The molecule has 2 N–H and O–H groups in total. The first-order valence-corrected chi connectivity index (χ1v) is 9.06. The van der Waals surface area contributed by atoms with E-state index in [1.54, 1.807) is 7.05 Å². The maximum Gasteiger partial charge on any atom is 0.329 e. The number of hydrogen-bond acceptors (Lipinski definition) is 4. The van der Waals surface area contributed by atoms with Crippen LogP contribution in [0.2, 0.25) is 0 Å². The molecular formula is C21H21N5O2. The van der Waals surface area contributed by atoms with Gasteiger partial charge in [-0.25, -0.2) is 4.79 Å². The lowest BCUT2D eigenvalue weighted by Crippen LogP contribution is -2.29. The Bertz CT molecular complexity index is 1250. The normalized spacial score (nSPS) is 11.1. The Labute approximate surface area is 161 Å². The van der Waals surface area contributed by atoms with Crippen molar-refractivity contribution >= 4 is 17.1 Å². The molecular weight excluding hydrogens is 354 g/mol. The fourth-order valence-electron chi connectivity index (χ4n) is 3.29. The fourth-order valence-corrected chi connectivity index (χ4v) is 3.29. The Morgan fingerprint density at radius 2 is 1.79 bits per heavy atom. The van der Waals surface area contributed by atoms with E-state index in [9.17, 15) is 9.59 Å². The van der Waals surface area contributed by atoms with Gasteiger partial charge >= 0.3 is 5.69 Å². The van der Waals surface area contributed by atoms with Gasteiger partial charge in [0, 0.05) is 13.6 Å². The summed E-state index contributed by atoms with van der Waals surface area (Å²) < 4.78 is 3.18. The van der Waals surface area contributed by atoms with E-state index in [0.29, 0.717) is 30.2 Å². The number of nitrogens with one attached hydrogen (secondary N) is 2. The lowest BCUT2D eigenvalue weighted by Gasteiger charge is -2.11. The summed E-state index contributed by atoms with van der Waals surface area (Å²) in [6.07, 6.45) is 0. The summed E-state index contributed by atoms with van der Waals surface area (Å²) in [6.45, 7) is 3.06. The maximum atomic E-state index is 12.6. The standard InChI is InChI=1S/C21H21N5O2/c1-14-7-6-10-16(11-14)13-26-17-18(25(2)21(28)24-19(17)27)23-20(26)22-12-15-8-4-3-5-9-15/h3-11H,12-13H2,1-2H3,(H,22,23)(H,24,27,28). The molecule has 0 saturated heterocycles. The highest BCUT2D eigenvalue weighted by molar-refractivity contribution is 5.74. The number of anilines is 1. The second kappa shape index (κ2) is 7.19. The van der Waals surface area contributed by atoms with Crippen LogP contribution < -0.4 is 16.6 Å². The van der Waals surface area contributed by atoms with E-state index in [2.05, 4.69) is 21.4 Å². The van der Waals surface area contributed by atoms with Gasteiger partial charge in [-0.15, -0.1) is 0 Å². The first kappa shape index (κ1) is 17.8. The topological polar surface area (TPSA) is 84.7 Å². The molecule has 2 heterocycles. The molecule has 0 aliphatic rings. The van der Waals surface area contributed by atoms with Crippen LogP contribution in [0.25, 0.3) is 11.2 Å². The largest absolute Gasteiger partial charge is 0.351 e. The number of hydrogen-bond donors (Lipinski definition) is 2.